The first-order valence-corrected chi connectivity index (χ1v) is 6.69. The van der Waals surface area contributed by atoms with Gasteiger partial charge in [0.2, 0.25) is 0 Å². The van der Waals surface area contributed by atoms with E-state index in [4.69, 9.17) is 9.47 Å². The molecule has 0 spiro atoms. The van der Waals surface area contributed by atoms with Gasteiger partial charge < -0.3 is 19.5 Å². The second kappa shape index (κ2) is 6.53. The molecule has 1 aromatic rings. The Labute approximate surface area is 121 Å². The van der Waals surface area contributed by atoms with Crippen LogP contribution in [0.1, 0.15) is 13.3 Å². The Hall–Kier alpha value is -1.47. The van der Waals surface area contributed by atoms with E-state index < -0.39 is 6.36 Å². The zero-order valence-corrected chi connectivity index (χ0v) is 11.8. The number of hydrogen-bond donors (Lipinski definition) is 1. The fraction of sp³-hybridized carbons (Fsp3) is 0.571. The molecule has 1 aliphatic rings. The molecule has 21 heavy (non-hydrogen) atoms. The summed E-state index contributed by atoms with van der Waals surface area (Å²) >= 11 is 0. The normalized spacial score (nSPS) is 25.3. The Morgan fingerprint density at radius 2 is 1.90 bits per heavy atom. The monoisotopic (exact) mass is 305 g/mol. The predicted octanol–water partition coefficient (Wildman–Crippen LogP) is 3.19. The Morgan fingerprint density at radius 3 is 2.43 bits per heavy atom. The van der Waals surface area contributed by atoms with Crippen molar-refractivity contribution < 1.29 is 27.4 Å². The van der Waals surface area contributed by atoms with Crippen LogP contribution in [0.4, 0.5) is 18.9 Å². The maximum absolute atomic E-state index is 12.1. The van der Waals surface area contributed by atoms with Crippen LogP contribution >= 0.6 is 0 Å². The number of nitrogens with one attached hydrogen (secondary N) is 1. The highest BCUT2D eigenvalue weighted by Crippen LogP contribution is 2.31. The SMILES string of the molecule is CCOC1CC(Nc2ccc(OC(F)(F)F)cc2)C1OC. The third kappa shape index (κ3) is 4.25. The average Bonchev–Trinajstić information content (AvgIpc) is 2.38. The van der Waals surface area contributed by atoms with Gasteiger partial charge in [0, 0.05) is 19.4 Å². The highest BCUT2D eigenvalue weighted by Gasteiger charge is 2.42. The molecule has 1 aromatic carbocycles. The van der Waals surface area contributed by atoms with Gasteiger partial charge in [0.25, 0.3) is 0 Å². The van der Waals surface area contributed by atoms with Crippen LogP contribution in [0, 0.1) is 0 Å². The van der Waals surface area contributed by atoms with E-state index >= 15 is 0 Å². The van der Waals surface area contributed by atoms with Crippen LogP contribution in [0.25, 0.3) is 0 Å². The number of methoxy groups -OCH3 is 1. The van der Waals surface area contributed by atoms with Gasteiger partial charge >= 0.3 is 6.36 Å². The molecule has 7 heteroatoms. The van der Waals surface area contributed by atoms with Crippen LogP contribution in [0.3, 0.4) is 0 Å². The lowest BCUT2D eigenvalue weighted by molar-refractivity contribution is -0.274. The molecule has 2 rings (SSSR count). The van der Waals surface area contributed by atoms with Gasteiger partial charge in [-0.15, -0.1) is 13.2 Å². The number of ether oxygens (including phenoxy) is 3. The molecule has 0 radical (unpaired) electrons. The molecule has 0 aliphatic heterocycles. The van der Waals surface area contributed by atoms with Gasteiger partial charge in [0.1, 0.15) is 11.9 Å². The highest BCUT2D eigenvalue weighted by atomic mass is 19.4. The van der Waals surface area contributed by atoms with Crippen LogP contribution in [-0.4, -0.2) is 38.3 Å². The first-order valence-electron chi connectivity index (χ1n) is 6.69. The van der Waals surface area contributed by atoms with Gasteiger partial charge in [-0.1, -0.05) is 0 Å². The minimum atomic E-state index is -4.67. The molecule has 1 saturated carbocycles. The minimum Gasteiger partial charge on any atom is -0.406 e. The molecule has 0 heterocycles. The Bertz CT molecular complexity index is 450. The van der Waals surface area contributed by atoms with Crippen LogP contribution in [0.5, 0.6) is 5.75 Å². The molecule has 3 atom stereocenters. The summed E-state index contributed by atoms with van der Waals surface area (Å²) in [5.74, 6) is -0.239. The summed E-state index contributed by atoms with van der Waals surface area (Å²) in [6.45, 7) is 2.55. The Morgan fingerprint density at radius 1 is 1.24 bits per heavy atom. The van der Waals surface area contributed by atoms with E-state index in [-0.39, 0.29) is 24.0 Å². The number of anilines is 1. The number of alkyl halides is 3. The van der Waals surface area contributed by atoms with Crippen molar-refractivity contribution in [3.63, 3.8) is 0 Å². The largest absolute Gasteiger partial charge is 0.573 e. The van der Waals surface area contributed by atoms with Crippen LogP contribution in [0.2, 0.25) is 0 Å². The van der Waals surface area contributed by atoms with E-state index in [1.54, 1.807) is 19.2 Å². The summed E-state index contributed by atoms with van der Waals surface area (Å²) < 4.78 is 50.9. The Kier molecular flexibility index (Phi) is 4.95. The molecular weight excluding hydrogens is 287 g/mol. The van der Waals surface area contributed by atoms with Crippen molar-refractivity contribution in [2.24, 2.45) is 0 Å². The molecule has 0 amide bonds. The van der Waals surface area contributed by atoms with E-state index in [1.165, 1.54) is 12.1 Å². The Balaban J connectivity index is 1.89. The van der Waals surface area contributed by atoms with E-state index in [9.17, 15) is 13.2 Å². The molecular formula is C14H18F3NO3. The van der Waals surface area contributed by atoms with E-state index in [2.05, 4.69) is 10.1 Å². The zero-order valence-electron chi connectivity index (χ0n) is 11.8. The van der Waals surface area contributed by atoms with Gasteiger partial charge in [-0.3, -0.25) is 0 Å². The van der Waals surface area contributed by atoms with Crippen molar-refractivity contribution in [3.05, 3.63) is 24.3 Å². The lowest BCUT2D eigenvalue weighted by Crippen LogP contribution is -2.56. The fourth-order valence-corrected chi connectivity index (χ4v) is 2.38. The molecule has 4 nitrogen and oxygen atoms in total. The minimum absolute atomic E-state index is 0.0592. The molecule has 0 aromatic heterocycles. The number of rotatable bonds is 6. The maximum atomic E-state index is 12.1. The third-order valence-corrected chi connectivity index (χ3v) is 3.34. The fourth-order valence-electron chi connectivity index (χ4n) is 2.38. The van der Waals surface area contributed by atoms with Crippen molar-refractivity contribution >= 4 is 5.69 Å². The standard InChI is InChI=1S/C14H18F3NO3/c1-3-20-12-8-11(13(12)19-2)18-9-4-6-10(7-5-9)21-14(15,16)17/h4-7,11-13,18H,3,8H2,1-2H3. The van der Waals surface area contributed by atoms with Crippen molar-refractivity contribution in [1.82, 2.24) is 0 Å². The second-order valence-corrected chi connectivity index (χ2v) is 4.75. The summed E-state index contributed by atoms with van der Waals surface area (Å²) in [7, 11) is 1.62. The molecule has 1 N–H and O–H groups in total. The van der Waals surface area contributed by atoms with E-state index in [0.717, 1.165) is 6.42 Å². The van der Waals surface area contributed by atoms with E-state index in [0.29, 0.717) is 12.3 Å². The van der Waals surface area contributed by atoms with E-state index in [1.807, 2.05) is 6.92 Å². The smallest absolute Gasteiger partial charge is 0.406 e. The van der Waals surface area contributed by atoms with Crippen LogP contribution in [-0.2, 0) is 9.47 Å². The van der Waals surface area contributed by atoms with Crippen molar-refractivity contribution in [2.75, 3.05) is 19.0 Å². The lowest BCUT2D eigenvalue weighted by atomic mass is 9.85. The predicted molar refractivity (Wildman–Crippen MR) is 71.4 cm³/mol. The molecule has 118 valence electrons. The first kappa shape index (κ1) is 15.9. The number of halogens is 3. The van der Waals surface area contributed by atoms with Gasteiger partial charge in [0.15, 0.2) is 0 Å². The average molecular weight is 305 g/mol. The van der Waals surface area contributed by atoms with Gasteiger partial charge in [-0.25, -0.2) is 0 Å². The maximum Gasteiger partial charge on any atom is 0.573 e. The van der Waals surface area contributed by atoms with Crippen molar-refractivity contribution in [2.45, 2.75) is 38.0 Å². The summed E-state index contributed by atoms with van der Waals surface area (Å²) in [4.78, 5) is 0. The van der Waals surface area contributed by atoms with Gasteiger partial charge in [-0.2, -0.15) is 0 Å². The first-order chi connectivity index (χ1) is 9.93. The number of hydrogen-bond acceptors (Lipinski definition) is 4. The van der Waals surface area contributed by atoms with Crippen molar-refractivity contribution in [1.29, 1.82) is 0 Å². The number of benzene rings is 1. The summed E-state index contributed by atoms with van der Waals surface area (Å²) in [6.07, 6.45) is -3.87. The third-order valence-electron chi connectivity index (χ3n) is 3.34. The van der Waals surface area contributed by atoms with Crippen LogP contribution < -0.4 is 10.1 Å². The zero-order chi connectivity index (χ0) is 15.5. The summed E-state index contributed by atoms with van der Waals surface area (Å²) in [5, 5.41) is 3.22. The quantitative estimate of drug-likeness (QED) is 0.876. The lowest BCUT2D eigenvalue weighted by Gasteiger charge is -2.43. The molecule has 1 fully saturated rings. The molecule has 0 bridgehead atoms. The molecule has 3 unspecified atom stereocenters. The summed E-state index contributed by atoms with van der Waals surface area (Å²) in [5.41, 5.74) is 0.714. The van der Waals surface area contributed by atoms with Crippen molar-refractivity contribution in [3.8, 4) is 5.75 Å². The van der Waals surface area contributed by atoms with Gasteiger partial charge in [0.05, 0.1) is 12.1 Å². The van der Waals surface area contributed by atoms with Gasteiger partial charge in [-0.05, 0) is 37.6 Å². The molecule has 0 saturated heterocycles. The second-order valence-electron chi connectivity index (χ2n) is 4.75. The van der Waals surface area contributed by atoms with Crippen LogP contribution in [0.15, 0.2) is 24.3 Å². The topological polar surface area (TPSA) is 39.7 Å². The molecule has 1 aliphatic carbocycles. The summed E-state index contributed by atoms with van der Waals surface area (Å²) in [6, 6.07) is 5.72. The highest BCUT2D eigenvalue weighted by molar-refractivity contribution is 5.48.